The van der Waals surface area contributed by atoms with E-state index in [-0.39, 0.29) is 17.4 Å². The zero-order valence-electron chi connectivity index (χ0n) is 16.0. The molecule has 0 fully saturated rings. The van der Waals surface area contributed by atoms with E-state index in [0.29, 0.717) is 0 Å². The Balaban J connectivity index is -0.000000107. The van der Waals surface area contributed by atoms with Crippen LogP contribution < -0.4 is 0 Å². The summed E-state index contributed by atoms with van der Waals surface area (Å²) in [5.74, 6) is -1.17. The van der Waals surface area contributed by atoms with Crippen molar-refractivity contribution in [2.24, 2.45) is 10.8 Å². The van der Waals surface area contributed by atoms with Crippen LogP contribution in [-0.4, -0.2) is 37.2 Å². The predicted octanol–water partition coefficient (Wildman–Crippen LogP) is 3.53. The highest BCUT2D eigenvalue weighted by Crippen LogP contribution is 2.13. The van der Waals surface area contributed by atoms with Gasteiger partial charge in [0.1, 0.15) is 0 Å². The van der Waals surface area contributed by atoms with Crippen LogP contribution in [-0.2, 0) is 23.9 Å². The summed E-state index contributed by atoms with van der Waals surface area (Å²) < 4.78 is 8.59. The van der Waals surface area contributed by atoms with E-state index in [0.717, 1.165) is 0 Å². The summed E-state index contributed by atoms with van der Waals surface area (Å²) in [7, 11) is 2.75. The number of carbonyl (C=O) groups excluding carboxylic acids is 2. The van der Waals surface area contributed by atoms with Gasteiger partial charge in [-0.2, -0.15) is 0 Å². The molecule has 0 aromatic heterocycles. The molecule has 0 aromatic carbocycles. The topological polar surface area (TPSA) is 89.9 Å². The molecule has 0 unspecified atom stereocenters. The third-order valence-electron chi connectivity index (χ3n) is 1.73. The number of carboxylic acids is 1. The van der Waals surface area contributed by atoms with E-state index in [1.54, 1.807) is 20.8 Å². The minimum atomic E-state index is -0.757. The summed E-state index contributed by atoms with van der Waals surface area (Å²) in [6, 6.07) is 0. The molecule has 0 amide bonds. The van der Waals surface area contributed by atoms with Crippen molar-refractivity contribution in [3.8, 4) is 0 Å². The van der Waals surface area contributed by atoms with E-state index in [2.05, 4.69) is 9.47 Å². The Morgan fingerprint density at radius 2 is 1.00 bits per heavy atom. The molecule has 22 heavy (non-hydrogen) atoms. The van der Waals surface area contributed by atoms with E-state index >= 15 is 0 Å². The Kier molecular flexibility index (Phi) is 18.6. The number of carbonyl (C=O) groups is 3. The van der Waals surface area contributed by atoms with Crippen LogP contribution in [0, 0.1) is 10.8 Å². The van der Waals surface area contributed by atoms with Gasteiger partial charge in [-0.05, 0) is 41.5 Å². The fourth-order valence-corrected chi connectivity index (χ4v) is 0.306. The van der Waals surface area contributed by atoms with Gasteiger partial charge in [0, 0.05) is 6.92 Å². The van der Waals surface area contributed by atoms with Crippen LogP contribution in [0.4, 0.5) is 0 Å². The van der Waals surface area contributed by atoms with Crippen LogP contribution in [0.3, 0.4) is 0 Å². The summed E-state index contributed by atoms with van der Waals surface area (Å²) in [5.41, 5.74) is -0.936. The van der Waals surface area contributed by atoms with Crippen LogP contribution in [0.5, 0.6) is 0 Å². The van der Waals surface area contributed by atoms with Crippen LogP contribution in [0.15, 0.2) is 0 Å². The number of ether oxygens (including phenoxy) is 2. The average molecular weight is 322 g/mol. The van der Waals surface area contributed by atoms with Gasteiger partial charge in [0.05, 0.1) is 25.0 Å². The van der Waals surface area contributed by atoms with E-state index in [1.165, 1.54) is 21.1 Å². The first kappa shape index (κ1) is 28.6. The number of hydrogen-bond acceptors (Lipinski definition) is 5. The van der Waals surface area contributed by atoms with Gasteiger partial charge in [-0.15, -0.1) is 0 Å². The third kappa shape index (κ3) is 26.9. The quantitative estimate of drug-likeness (QED) is 0.686. The van der Waals surface area contributed by atoms with Crippen molar-refractivity contribution in [2.75, 3.05) is 14.2 Å². The first-order valence-corrected chi connectivity index (χ1v) is 7.06. The molecule has 0 radical (unpaired) electrons. The molecule has 0 bridgehead atoms. The lowest BCUT2D eigenvalue weighted by Crippen LogP contribution is -2.21. The van der Waals surface area contributed by atoms with Gasteiger partial charge in [0.15, 0.2) is 0 Å². The molecule has 0 spiro atoms. The first-order valence-electron chi connectivity index (χ1n) is 7.06. The average Bonchev–Trinajstić information content (AvgIpc) is 2.39. The molecule has 0 aliphatic heterocycles. The van der Waals surface area contributed by atoms with E-state index in [9.17, 15) is 14.4 Å². The molecule has 0 aliphatic rings. The Morgan fingerprint density at radius 3 is 1.00 bits per heavy atom. The molecule has 0 heterocycles. The summed E-state index contributed by atoms with van der Waals surface area (Å²) >= 11 is 0. The number of esters is 2. The van der Waals surface area contributed by atoms with Gasteiger partial charge in [0.25, 0.3) is 0 Å². The Morgan fingerprint density at radius 1 is 0.773 bits per heavy atom. The van der Waals surface area contributed by atoms with Crippen LogP contribution >= 0.6 is 0 Å². The van der Waals surface area contributed by atoms with E-state index < -0.39 is 11.4 Å². The normalized spacial score (nSPS) is 9.41. The van der Waals surface area contributed by atoms with Gasteiger partial charge >= 0.3 is 17.9 Å². The Bertz CT molecular complexity index is 308. The van der Waals surface area contributed by atoms with Crippen molar-refractivity contribution < 1.29 is 29.0 Å². The van der Waals surface area contributed by atoms with Crippen molar-refractivity contribution in [2.45, 2.75) is 62.3 Å². The Labute approximate surface area is 135 Å². The van der Waals surface area contributed by atoms with Gasteiger partial charge < -0.3 is 14.6 Å². The molecule has 0 rings (SSSR count). The standard InChI is InChI=1S/C6H12O2.C5H10O2.C3H6O2.C2H6/c1-6(2,3)5(7)8-4;1-5(2,3)4(6)7;1-3(4)5-2;1-2/h1-4H3;1-3H3,(H,6,7);1-2H3;1-2H3. The second-order valence-corrected chi connectivity index (χ2v) is 5.99. The number of methoxy groups -OCH3 is 2. The molecule has 0 saturated carbocycles. The molecule has 134 valence electrons. The van der Waals surface area contributed by atoms with Gasteiger partial charge in [-0.1, -0.05) is 13.8 Å². The number of carboxylic acid groups (broad SMARTS) is 1. The Hall–Kier alpha value is -1.59. The number of aliphatic carboxylic acids is 1. The summed E-state index contributed by atoms with van der Waals surface area (Å²) in [4.78, 5) is 30.2. The lowest BCUT2D eigenvalue weighted by molar-refractivity contribution is -0.149. The molecule has 0 aromatic rings. The molecular weight excluding hydrogens is 288 g/mol. The minimum Gasteiger partial charge on any atom is -0.481 e. The smallest absolute Gasteiger partial charge is 0.310 e. The van der Waals surface area contributed by atoms with Crippen LogP contribution in [0.2, 0.25) is 0 Å². The zero-order chi connectivity index (χ0) is 19.1. The summed E-state index contributed by atoms with van der Waals surface area (Å²) in [5, 5.41) is 8.25. The van der Waals surface area contributed by atoms with Gasteiger partial charge in [-0.25, -0.2) is 0 Å². The fourth-order valence-electron chi connectivity index (χ4n) is 0.306. The highest BCUT2D eigenvalue weighted by Gasteiger charge is 2.21. The lowest BCUT2D eigenvalue weighted by atomic mass is 9.98. The molecule has 0 saturated heterocycles. The highest BCUT2D eigenvalue weighted by atomic mass is 16.5. The fraction of sp³-hybridized carbons (Fsp3) is 0.812. The van der Waals surface area contributed by atoms with Crippen molar-refractivity contribution >= 4 is 17.9 Å². The largest absolute Gasteiger partial charge is 0.481 e. The molecule has 6 heteroatoms. The molecule has 6 nitrogen and oxygen atoms in total. The SMILES string of the molecule is CC.CC(C)(C)C(=O)O.COC(=O)C(C)(C)C.COC(C)=O. The second kappa shape index (κ2) is 14.4. The minimum absolute atomic E-state index is 0.169. The van der Waals surface area contributed by atoms with Crippen molar-refractivity contribution in [1.29, 1.82) is 0 Å². The monoisotopic (exact) mass is 322 g/mol. The van der Waals surface area contributed by atoms with Crippen molar-refractivity contribution in [3.63, 3.8) is 0 Å². The highest BCUT2D eigenvalue weighted by molar-refractivity contribution is 5.75. The van der Waals surface area contributed by atoms with Crippen molar-refractivity contribution in [1.82, 2.24) is 0 Å². The summed E-state index contributed by atoms with van der Waals surface area (Å²) in [6.45, 7) is 15.8. The molecule has 0 aliphatic carbocycles. The molecule has 0 atom stereocenters. The zero-order valence-corrected chi connectivity index (χ0v) is 16.0. The predicted molar refractivity (Wildman–Crippen MR) is 87.6 cm³/mol. The maximum Gasteiger partial charge on any atom is 0.310 e. The van der Waals surface area contributed by atoms with Crippen molar-refractivity contribution in [3.05, 3.63) is 0 Å². The number of hydrogen-bond donors (Lipinski definition) is 1. The molecule has 1 N–H and O–H groups in total. The van der Waals surface area contributed by atoms with Crippen LogP contribution in [0.25, 0.3) is 0 Å². The van der Waals surface area contributed by atoms with Crippen LogP contribution in [0.1, 0.15) is 62.3 Å². The maximum atomic E-state index is 10.6. The second-order valence-electron chi connectivity index (χ2n) is 5.99. The maximum absolute atomic E-state index is 10.6. The number of rotatable bonds is 0. The van der Waals surface area contributed by atoms with Gasteiger partial charge in [-0.3, -0.25) is 14.4 Å². The first-order chi connectivity index (χ1) is 9.69. The van der Waals surface area contributed by atoms with E-state index in [1.807, 2.05) is 34.6 Å². The third-order valence-corrected chi connectivity index (χ3v) is 1.73. The van der Waals surface area contributed by atoms with Gasteiger partial charge in [0.2, 0.25) is 0 Å². The molecular formula is C16H34O6. The summed E-state index contributed by atoms with van der Waals surface area (Å²) in [6.07, 6.45) is 0. The lowest BCUT2D eigenvalue weighted by Gasteiger charge is -2.13. The van der Waals surface area contributed by atoms with E-state index in [4.69, 9.17) is 5.11 Å².